The standard InChI is InChI=1S/C28H23ClN2O2/c1-19-10-8-16-23(20-11-4-3-5-12-20)26(19)27(32)30-25-17-7-6-15-24(25)28(33)31(2)22-14-9-13-21(29)18-22/h3-18H,1-2H3,(H,30,32). The smallest absolute Gasteiger partial charge is 0.260 e. The predicted octanol–water partition coefficient (Wildman–Crippen LogP) is 6.84. The van der Waals surface area contributed by atoms with Gasteiger partial charge in [0.1, 0.15) is 0 Å². The molecule has 0 saturated heterocycles. The first-order valence-electron chi connectivity index (χ1n) is 10.5. The highest BCUT2D eigenvalue weighted by Crippen LogP contribution is 2.28. The van der Waals surface area contributed by atoms with Gasteiger partial charge in [0.2, 0.25) is 0 Å². The molecule has 0 aliphatic carbocycles. The first-order chi connectivity index (χ1) is 16.0. The quantitative estimate of drug-likeness (QED) is 0.358. The third-order valence-electron chi connectivity index (χ3n) is 5.49. The zero-order valence-electron chi connectivity index (χ0n) is 18.4. The molecule has 2 amide bonds. The Morgan fingerprint density at radius 1 is 0.818 bits per heavy atom. The number of carbonyl (C=O) groups is 2. The van der Waals surface area contributed by atoms with Crippen LogP contribution in [-0.4, -0.2) is 18.9 Å². The molecule has 4 nitrogen and oxygen atoms in total. The Morgan fingerprint density at radius 3 is 2.27 bits per heavy atom. The summed E-state index contributed by atoms with van der Waals surface area (Å²) in [6.45, 7) is 1.91. The average molecular weight is 455 g/mol. The second kappa shape index (κ2) is 9.72. The van der Waals surface area contributed by atoms with Crippen LogP contribution in [0.25, 0.3) is 11.1 Å². The van der Waals surface area contributed by atoms with Crippen molar-refractivity contribution in [3.8, 4) is 11.1 Å². The fourth-order valence-electron chi connectivity index (χ4n) is 3.77. The van der Waals surface area contributed by atoms with E-state index in [9.17, 15) is 9.59 Å². The van der Waals surface area contributed by atoms with Gasteiger partial charge in [-0.2, -0.15) is 0 Å². The minimum Gasteiger partial charge on any atom is -0.321 e. The van der Waals surface area contributed by atoms with Gasteiger partial charge in [-0.05, 0) is 53.9 Å². The highest BCUT2D eigenvalue weighted by Gasteiger charge is 2.21. The summed E-state index contributed by atoms with van der Waals surface area (Å²) in [6.07, 6.45) is 0. The Hall–Kier alpha value is -3.89. The maximum absolute atomic E-state index is 13.4. The number of halogens is 1. The van der Waals surface area contributed by atoms with E-state index in [1.807, 2.05) is 61.5 Å². The van der Waals surface area contributed by atoms with Gasteiger partial charge in [-0.15, -0.1) is 0 Å². The number of benzene rings is 4. The summed E-state index contributed by atoms with van der Waals surface area (Å²) in [5.41, 5.74) is 4.73. The van der Waals surface area contributed by atoms with E-state index in [0.29, 0.717) is 27.5 Å². The van der Waals surface area contributed by atoms with Crippen molar-refractivity contribution in [2.24, 2.45) is 0 Å². The highest BCUT2D eigenvalue weighted by molar-refractivity contribution is 6.31. The summed E-state index contributed by atoms with van der Waals surface area (Å²) in [5, 5.41) is 3.51. The molecule has 0 fully saturated rings. The molecule has 0 atom stereocenters. The van der Waals surface area contributed by atoms with Gasteiger partial charge in [0.25, 0.3) is 11.8 Å². The van der Waals surface area contributed by atoms with E-state index >= 15 is 0 Å². The molecule has 5 heteroatoms. The molecule has 33 heavy (non-hydrogen) atoms. The SMILES string of the molecule is Cc1cccc(-c2ccccc2)c1C(=O)Nc1ccccc1C(=O)N(C)c1cccc(Cl)c1. The monoisotopic (exact) mass is 454 g/mol. The Labute approximate surface area is 198 Å². The van der Waals surface area contributed by atoms with Gasteiger partial charge in [-0.25, -0.2) is 0 Å². The summed E-state index contributed by atoms with van der Waals surface area (Å²) in [5.74, 6) is -0.515. The number of hydrogen-bond donors (Lipinski definition) is 1. The Balaban J connectivity index is 1.67. The van der Waals surface area contributed by atoms with Gasteiger partial charge >= 0.3 is 0 Å². The number of para-hydroxylation sites is 1. The Morgan fingerprint density at radius 2 is 1.52 bits per heavy atom. The second-order valence-corrected chi connectivity index (χ2v) is 8.14. The lowest BCUT2D eigenvalue weighted by Gasteiger charge is -2.20. The van der Waals surface area contributed by atoms with Crippen molar-refractivity contribution >= 4 is 34.8 Å². The molecule has 0 spiro atoms. The summed E-state index contributed by atoms with van der Waals surface area (Å²) in [6, 6.07) is 29.6. The number of amides is 2. The maximum atomic E-state index is 13.4. The molecular weight excluding hydrogens is 432 g/mol. The fourth-order valence-corrected chi connectivity index (χ4v) is 3.96. The number of nitrogens with zero attached hydrogens (tertiary/aromatic N) is 1. The van der Waals surface area contributed by atoms with Crippen molar-refractivity contribution in [1.82, 2.24) is 0 Å². The normalized spacial score (nSPS) is 10.5. The topological polar surface area (TPSA) is 49.4 Å². The molecule has 0 saturated carbocycles. The van der Waals surface area contributed by atoms with Gasteiger partial charge in [-0.1, -0.05) is 78.3 Å². The van der Waals surface area contributed by atoms with Crippen LogP contribution in [0, 0.1) is 6.92 Å². The van der Waals surface area contributed by atoms with Gasteiger partial charge in [0, 0.05) is 17.8 Å². The lowest BCUT2D eigenvalue weighted by Crippen LogP contribution is -2.27. The van der Waals surface area contributed by atoms with Crippen molar-refractivity contribution in [3.05, 3.63) is 119 Å². The lowest BCUT2D eigenvalue weighted by atomic mass is 9.95. The number of hydrogen-bond acceptors (Lipinski definition) is 2. The first-order valence-corrected chi connectivity index (χ1v) is 10.9. The average Bonchev–Trinajstić information content (AvgIpc) is 2.83. The maximum Gasteiger partial charge on any atom is 0.260 e. The van der Waals surface area contributed by atoms with E-state index in [1.165, 1.54) is 4.90 Å². The summed E-state index contributed by atoms with van der Waals surface area (Å²) < 4.78 is 0. The highest BCUT2D eigenvalue weighted by atomic mass is 35.5. The number of rotatable bonds is 5. The van der Waals surface area contributed by atoms with E-state index in [-0.39, 0.29) is 11.8 Å². The van der Waals surface area contributed by atoms with Crippen LogP contribution in [0.2, 0.25) is 5.02 Å². The minimum absolute atomic E-state index is 0.249. The van der Waals surface area contributed by atoms with Crippen molar-refractivity contribution in [3.63, 3.8) is 0 Å². The molecular formula is C28H23ClN2O2. The molecule has 4 aromatic carbocycles. The van der Waals surface area contributed by atoms with Crippen LogP contribution in [-0.2, 0) is 0 Å². The van der Waals surface area contributed by atoms with Gasteiger partial charge in [0.15, 0.2) is 0 Å². The van der Waals surface area contributed by atoms with E-state index in [1.54, 1.807) is 49.5 Å². The number of aryl methyl sites for hydroxylation is 1. The lowest BCUT2D eigenvalue weighted by molar-refractivity contribution is 0.0994. The molecule has 164 valence electrons. The van der Waals surface area contributed by atoms with Crippen LogP contribution < -0.4 is 10.2 Å². The van der Waals surface area contributed by atoms with E-state index in [4.69, 9.17) is 11.6 Å². The molecule has 1 N–H and O–H groups in total. The van der Waals surface area contributed by atoms with Crippen LogP contribution in [0.1, 0.15) is 26.3 Å². The van der Waals surface area contributed by atoms with Crippen molar-refractivity contribution in [1.29, 1.82) is 0 Å². The summed E-state index contributed by atoms with van der Waals surface area (Å²) in [7, 11) is 1.68. The zero-order chi connectivity index (χ0) is 23.4. The van der Waals surface area contributed by atoms with Crippen molar-refractivity contribution in [2.75, 3.05) is 17.3 Å². The molecule has 0 unspecified atom stereocenters. The fraction of sp³-hybridized carbons (Fsp3) is 0.0714. The molecule has 4 aromatic rings. The van der Waals surface area contributed by atoms with E-state index in [2.05, 4.69) is 5.32 Å². The van der Waals surface area contributed by atoms with Gasteiger partial charge < -0.3 is 10.2 Å². The number of nitrogens with one attached hydrogen (secondary N) is 1. The third kappa shape index (κ3) is 4.81. The van der Waals surface area contributed by atoms with Crippen LogP contribution in [0.3, 0.4) is 0 Å². The third-order valence-corrected chi connectivity index (χ3v) is 5.73. The molecule has 0 bridgehead atoms. The summed E-state index contributed by atoms with van der Waals surface area (Å²) >= 11 is 6.09. The zero-order valence-corrected chi connectivity index (χ0v) is 19.1. The molecule has 0 aromatic heterocycles. The Kier molecular flexibility index (Phi) is 6.57. The molecule has 0 aliphatic rings. The largest absolute Gasteiger partial charge is 0.321 e. The van der Waals surface area contributed by atoms with Gasteiger partial charge in [0.05, 0.1) is 16.8 Å². The first kappa shape index (κ1) is 22.3. The van der Waals surface area contributed by atoms with Crippen LogP contribution in [0.15, 0.2) is 97.1 Å². The number of carbonyl (C=O) groups excluding carboxylic acids is 2. The van der Waals surface area contributed by atoms with Crippen LogP contribution in [0.5, 0.6) is 0 Å². The van der Waals surface area contributed by atoms with Crippen molar-refractivity contribution in [2.45, 2.75) is 6.92 Å². The van der Waals surface area contributed by atoms with E-state index in [0.717, 1.165) is 16.7 Å². The molecule has 0 heterocycles. The molecule has 0 radical (unpaired) electrons. The number of anilines is 2. The van der Waals surface area contributed by atoms with Gasteiger partial charge in [-0.3, -0.25) is 9.59 Å². The second-order valence-electron chi connectivity index (χ2n) is 7.71. The van der Waals surface area contributed by atoms with E-state index < -0.39 is 0 Å². The minimum atomic E-state index is -0.266. The van der Waals surface area contributed by atoms with Crippen molar-refractivity contribution < 1.29 is 9.59 Å². The van der Waals surface area contributed by atoms with Crippen LogP contribution in [0.4, 0.5) is 11.4 Å². The summed E-state index contributed by atoms with van der Waals surface area (Å²) in [4.78, 5) is 28.2. The molecule has 0 aliphatic heterocycles. The van der Waals surface area contributed by atoms with Crippen LogP contribution >= 0.6 is 11.6 Å². The Bertz CT molecular complexity index is 1320. The predicted molar refractivity (Wildman–Crippen MR) is 135 cm³/mol. The molecule has 4 rings (SSSR count).